The standard InChI is InChI=1S/C24H32N4O2.HI/c1-17-6-5-7-21(12-17)14-27-24(25-4)26-13-20-8-10-22(11-9-20)23(29)28-15-18(2)30-19(3)16-28;/h5-12,18-19H,13-16H2,1-4H3,(H2,25,26,27);1H. The normalized spacial score (nSPS) is 18.8. The number of aryl methyl sites for hydroxylation is 1. The predicted molar refractivity (Wildman–Crippen MR) is 136 cm³/mol. The summed E-state index contributed by atoms with van der Waals surface area (Å²) < 4.78 is 5.72. The quantitative estimate of drug-likeness (QED) is 0.348. The predicted octanol–water partition coefficient (Wildman–Crippen LogP) is 3.73. The highest BCUT2D eigenvalue weighted by Crippen LogP contribution is 2.15. The van der Waals surface area contributed by atoms with E-state index in [2.05, 4.69) is 46.8 Å². The lowest BCUT2D eigenvalue weighted by molar-refractivity contribution is -0.0586. The van der Waals surface area contributed by atoms with Crippen LogP contribution < -0.4 is 10.6 Å². The molecule has 1 aliphatic heterocycles. The highest BCUT2D eigenvalue weighted by Gasteiger charge is 2.26. The van der Waals surface area contributed by atoms with Gasteiger partial charge >= 0.3 is 0 Å². The molecule has 2 N–H and O–H groups in total. The van der Waals surface area contributed by atoms with E-state index in [0.29, 0.717) is 31.7 Å². The fourth-order valence-electron chi connectivity index (χ4n) is 3.71. The number of ether oxygens (including phenoxy) is 1. The summed E-state index contributed by atoms with van der Waals surface area (Å²) >= 11 is 0. The Balaban J connectivity index is 0.00000341. The van der Waals surface area contributed by atoms with E-state index < -0.39 is 0 Å². The molecule has 0 bridgehead atoms. The fraction of sp³-hybridized carbons (Fsp3) is 0.417. The molecule has 1 aliphatic rings. The molecule has 7 heteroatoms. The Bertz CT molecular complexity index is 875. The van der Waals surface area contributed by atoms with Crippen molar-refractivity contribution in [2.45, 2.75) is 46.1 Å². The number of carbonyl (C=O) groups excluding carboxylic acids is 1. The summed E-state index contributed by atoms with van der Waals surface area (Å²) in [5, 5.41) is 6.65. The second-order valence-corrected chi connectivity index (χ2v) is 7.93. The van der Waals surface area contributed by atoms with E-state index in [9.17, 15) is 4.79 Å². The number of hydrogen-bond donors (Lipinski definition) is 2. The van der Waals surface area contributed by atoms with Crippen LogP contribution in [0.25, 0.3) is 0 Å². The number of guanidine groups is 1. The molecule has 1 heterocycles. The van der Waals surface area contributed by atoms with Crippen LogP contribution in [0.4, 0.5) is 0 Å². The van der Waals surface area contributed by atoms with Crippen molar-refractivity contribution >= 4 is 35.8 Å². The highest BCUT2D eigenvalue weighted by atomic mass is 127. The Morgan fingerprint density at radius 3 is 2.23 bits per heavy atom. The molecule has 1 amide bonds. The molecule has 2 atom stereocenters. The van der Waals surface area contributed by atoms with Gasteiger partial charge in [-0.3, -0.25) is 9.79 Å². The summed E-state index contributed by atoms with van der Waals surface area (Å²) in [6.07, 6.45) is 0.139. The van der Waals surface area contributed by atoms with E-state index in [-0.39, 0.29) is 42.1 Å². The number of amides is 1. The molecule has 31 heavy (non-hydrogen) atoms. The Morgan fingerprint density at radius 1 is 1.03 bits per heavy atom. The second-order valence-electron chi connectivity index (χ2n) is 7.93. The first kappa shape index (κ1) is 25.1. The van der Waals surface area contributed by atoms with Crippen LogP contribution in [-0.2, 0) is 17.8 Å². The van der Waals surface area contributed by atoms with Gasteiger partial charge in [-0.05, 0) is 44.0 Å². The van der Waals surface area contributed by atoms with Crippen molar-refractivity contribution in [1.29, 1.82) is 0 Å². The van der Waals surface area contributed by atoms with Gasteiger partial charge in [0.25, 0.3) is 5.91 Å². The Morgan fingerprint density at radius 2 is 1.65 bits per heavy atom. The lowest BCUT2D eigenvalue weighted by Gasteiger charge is -2.35. The minimum atomic E-state index is 0. The third-order valence-corrected chi connectivity index (χ3v) is 5.13. The zero-order valence-corrected chi connectivity index (χ0v) is 21.1. The molecule has 2 aromatic rings. The molecule has 3 rings (SSSR count). The summed E-state index contributed by atoms with van der Waals surface area (Å²) in [6.45, 7) is 8.71. The van der Waals surface area contributed by atoms with Crippen LogP contribution in [0.15, 0.2) is 53.5 Å². The van der Waals surface area contributed by atoms with Gasteiger partial charge < -0.3 is 20.3 Å². The molecular weight excluding hydrogens is 503 g/mol. The molecule has 2 unspecified atom stereocenters. The molecule has 2 aromatic carbocycles. The molecule has 0 spiro atoms. The number of halogens is 1. The first-order chi connectivity index (χ1) is 14.4. The number of aliphatic imine (C=N–C) groups is 1. The van der Waals surface area contributed by atoms with Crippen LogP contribution >= 0.6 is 24.0 Å². The van der Waals surface area contributed by atoms with Gasteiger partial charge in [0.2, 0.25) is 0 Å². The molecule has 0 aliphatic carbocycles. The first-order valence-electron chi connectivity index (χ1n) is 10.5. The lowest BCUT2D eigenvalue weighted by atomic mass is 10.1. The number of hydrogen-bond acceptors (Lipinski definition) is 3. The Kier molecular flexibility index (Phi) is 9.77. The van der Waals surface area contributed by atoms with Crippen LogP contribution in [0.5, 0.6) is 0 Å². The van der Waals surface area contributed by atoms with Crippen molar-refractivity contribution in [3.05, 3.63) is 70.8 Å². The summed E-state index contributed by atoms with van der Waals surface area (Å²) in [5.74, 6) is 0.806. The average molecular weight is 536 g/mol. The zero-order chi connectivity index (χ0) is 21.5. The smallest absolute Gasteiger partial charge is 0.254 e. The van der Waals surface area contributed by atoms with Crippen molar-refractivity contribution < 1.29 is 9.53 Å². The molecule has 6 nitrogen and oxygen atoms in total. The molecule has 0 aromatic heterocycles. The van der Waals surface area contributed by atoms with E-state index in [1.54, 1.807) is 7.05 Å². The van der Waals surface area contributed by atoms with E-state index >= 15 is 0 Å². The second kappa shape index (κ2) is 12.0. The SMILES string of the molecule is CN=C(NCc1ccc(C(=O)N2CC(C)OC(C)C2)cc1)NCc1cccc(C)c1.I. The van der Waals surface area contributed by atoms with Gasteiger partial charge in [-0.15, -0.1) is 24.0 Å². The van der Waals surface area contributed by atoms with Gasteiger partial charge in [-0.1, -0.05) is 42.0 Å². The Hall–Kier alpha value is -2.13. The maximum atomic E-state index is 12.8. The number of benzene rings is 2. The largest absolute Gasteiger partial charge is 0.372 e. The number of nitrogens with zero attached hydrogens (tertiary/aromatic N) is 2. The third-order valence-electron chi connectivity index (χ3n) is 5.13. The number of rotatable bonds is 5. The monoisotopic (exact) mass is 536 g/mol. The van der Waals surface area contributed by atoms with Crippen molar-refractivity contribution in [1.82, 2.24) is 15.5 Å². The van der Waals surface area contributed by atoms with E-state index in [1.165, 1.54) is 11.1 Å². The van der Waals surface area contributed by atoms with Gasteiger partial charge in [0, 0.05) is 38.8 Å². The van der Waals surface area contributed by atoms with Crippen LogP contribution in [0, 0.1) is 6.92 Å². The minimum Gasteiger partial charge on any atom is -0.372 e. The zero-order valence-electron chi connectivity index (χ0n) is 18.7. The van der Waals surface area contributed by atoms with Gasteiger partial charge in [0.1, 0.15) is 0 Å². The van der Waals surface area contributed by atoms with Gasteiger partial charge in [0.15, 0.2) is 5.96 Å². The highest BCUT2D eigenvalue weighted by molar-refractivity contribution is 14.0. The maximum Gasteiger partial charge on any atom is 0.254 e. The fourth-order valence-corrected chi connectivity index (χ4v) is 3.71. The summed E-state index contributed by atoms with van der Waals surface area (Å²) in [4.78, 5) is 18.9. The van der Waals surface area contributed by atoms with Crippen molar-refractivity contribution in [2.75, 3.05) is 20.1 Å². The molecule has 0 radical (unpaired) electrons. The maximum absolute atomic E-state index is 12.8. The summed E-state index contributed by atoms with van der Waals surface area (Å²) in [7, 11) is 1.76. The third kappa shape index (κ3) is 7.50. The van der Waals surface area contributed by atoms with Crippen molar-refractivity contribution in [3.8, 4) is 0 Å². The molecule has 0 saturated carbocycles. The van der Waals surface area contributed by atoms with Gasteiger partial charge in [0.05, 0.1) is 12.2 Å². The van der Waals surface area contributed by atoms with Crippen molar-refractivity contribution in [2.24, 2.45) is 4.99 Å². The number of carbonyl (C=O) groups is 1. The summed E-state index contributed by atoms with van der Waals surface area (Å²) in [5.41, 5.74) is 4.26. The van der Waals surface area contributed by atoms with Crippen LogP contribution in [0.3, 0.4) is 0 Å². The van der Waals surface area contributed by atoms with E-state index in [1.807, 2.05) is 43.0 Å². The number of nitrogens with one attached hydrogen (secondary N) is 2. The molecule has 168 valence electrons. The molecular formula is C24H33IN4O2. The summed E-state index contributed by atoms with van der Waals surface area (Å²) in [6, 6.07) is 16.2. The molecule has 1 fully saturated rings. The van der Waals surface area contributed by atoms with Crippen LogP contribution in [0.2, 0.25) is 0 Å². The van der Waals surface area contributed by atoms with Gasteiger partial charge in [-0.25, -0.2) is 0 Å². The lowest BCUT2D eigenvalue weighted by Crippen LogP contribution is -2.48. The Labute approximate surface area is 202 Å². The van der Waals surface area contributed by atoms with E-state index in [0.717, 1.165) is 11.5 Å². The number of morpholine rings is 1. The first-order valence-corrected chi connectivity index (χ1v) is 10.5. The van der Waals surface area contributed by atoms with E-state index in [4.69, 9.17) is 4.74 Å². The molecule has 1 saturated heterocycles. The minimum absolute atomic E-state index is 0. The van der Waals surface area contributed by atoms with Crippen LogP contribution in [0.1, 0.15) is 40.9 Å². The van der Waals surface area contributed by atoms with Crippen LogP contribution in [-0.4, -0.2) is 49.1 Å². The van der Waals surface area contributed by atoms with Gasteiger partial charge in [-0.2, -0.15) is 0 Å². The average Bonchev–Trinajstić information content (AvgIpc) is 2.73. The van der Waals surface area contributed by atoms with Crippen molar-refractivity contribution in [3.63, 3.8) is 0 Å². The topological polar surface area (TPSA) is 66.0 Å².